The second-order valence-corrected chi connectivity index (χ2v) is 22.3. The van der Waals surface area contributed by atoms with Gasteiger partial charge in [0.1, 0.15) is 0 Å². The highest BCUT2D eigenvalue weighted by molar-refractivity contribution is 7.26. The van der Waals surface area contributed by atoms with Gasteiger partial charge in [0, 0.05) is 91.7 Å². The quantitative estimate of drug-likeness (QED) is 0.152. The molecular weight excluding hydrogens is 1010 g/mol. The SMILES string of the molecule is c1ccc(-c2cc(-c3ccccc3)nc(-c3cc(-c4ccc(-n5c6ccccc6c6ccccc65)cc4)c(-n4c5ccccc5c5c6sc7ccccc7c6ccc54)c(-c4ccc(-n5c6ccccc6c6ccccc65)cc4)c3)n2)cc1. The van der Waals surface area contributed by atoms with Gasteiger partial charge in [0.05, 0.1) is 50.2 Å². The first kappa shape index (κ1) is 46.3. The first-order chi connectivity index (χ1) is 40.7. The summed E-state index contributed by atoms with van der Waals surface area (Å²) in [6.07, 6.45) is 0. The molecule has 5 nitrogen and oxygen atoms in total. The van der Waals surface area contributed by atoms with Crippen molar-refractivity contribution in [3.05, 3.63) is 285 Å². The van der Waals surface area contributed by atoms with E-state index >= 15 is 0 Å². The van der Waals surface area contributed by atoms with Gasteiger partial charge in [-0.05, 0) is 96.1 Å². The normalized spacial score (nSPS) is 11.9. The summed E-state index contributed by atoms with van der Waals surface area (Å²) in [6, 6.07) is 104. The average Bonchev–Trinajstić information content (AvgIpc) is 3.62. The number of thiophene rings is 1. The molecule has 0 bridgehead atoms. The van der Waals surface area contributed by atoms with Crippen LogP contribution in [0.2, 0.25) is 0 Å². The summed E-state index contributed by atoms with van der Waals surface area (Å²) in [4.78, 5) is 11.0. The monoisotopic (exact) mass is 1060 g/mol. The van der Waals surface area contributed by atoms with Crippen LogP contribution in [-0.2, 0) is 0 Å². The Morgan fingerprint density at radius 1 is 0.268 bits per heavy atom. The molecule has 5 heterocycles. The summed E-state index contributed by atoms with van der Waals surface area (Å²) in [5.74, 6) is 0.646. The number of aromatic nitrogens is 5. The predicted octanol–water partition coefficient (Wildman–Crippen LogP) is 20.5. The Kier molecular flexibility index (Phi) is 10.4. The molecule has 0 amide bonds. The molecule has 17 aromatic rings. The lowest BCUT2D eigenvalue weighted by atomic mass is 9.92. The van der Waals surface area contributed by atoms with Crippen LogP contribution in [0.25, 0.3) is 159 Å². The molecule has 0 unspecified atom stereocenters. The Morgan fingerprint density at radius 2 is 0.671 bits per heavy atom. The van der Waals surface area contributed by atoms with E-state index in [2.05, 4.69) is 299 Å². The molecule has 0 N–H and O–H groups in total. The number of para-hydroxylation sites is 5. The second-order valence-electron chi connectivity index (χ2n) is 21.2. The van der Waals surface area contributed by atoms with Crippen LogP contribution < -0.4 is 0 Å². The third kappa shape index (κ3) is 7.18. The molecular formula is C76H47N5S. The summed E-state index contributed by atoms with van der Waals surface area (Å²) >= 11 is 1.88. The molecule has 0 spiro atoms. The van der Waals surface area contributed by atoms with Crippen LogP contribution in [0.5, 0.6) is 0 Å². The molecule has 0 aliphatic heterocycles. The summed E-state index contributed by atoms with van der Waals surface area (Å²) in [5.41, 5.74) is 19.2. The molecule has 0 aliphatic carbocycles. The number of hydrogen-bond donors (Lipinski definition) is 0. The van der Waals surface area contributed by atoms with E-state index in [4.69, 9.17) is 9.97 Å². The first-order valence-electron chi connectivity index (χ1n) is 27.9. The number of rotatable bonds is 8. The summed E-state index contributed by atoms with van der Waals surface area (Å²) in [5, 5.41) is 9.96. The second kappa shape index (κ2) is 18.5. The predicted molar refractivity (Wildman–Crippen MR) is 345 cm³/mol. The van der Waals surface area contributed by atoms with E-state index in [1.165, 1.54) is 74.6 Å². The van der Waals surface area contributed by atoms with E-state index < -0.39 is 0 Å². The number of nitrogens with zero attached hydrogens (tertiary/aromatic N) is 5. The average molecular weight is 1060 g/mol. The van der Waals surface area contributed by atoms with Crippen LogP contribution >= 0.6 is 11.3 Å². The van der Waals surface area contributed by atoms with Crippen molar-refractivity contribution in [1.82, 2.24) is 23.7 Å². The zero-order valence-corrected chi connectivity index (χ0v) is 45.1. The smallest absolute Gasteiger partial charge is 0.160 e. The van der Waals surface area contributed by atoms with Gasteiger partial charge in [0.15, 0.2) is 5.82 Å². The molecule has 382 valence electrons. The lowest BCUT2D eigenvalue weighted by molar-refractivity contribution is 1.16. The maximum atomic E-state index is 5.50. The number of hydrogen-bond acceptors (Lipinski definition) is 3. The Bertz CT molecular complexity index is 5030. The molecule has 0 fully saturated rings. The van der Waals surface area contributed by atoms with E-state index in [1.807, 2.05) is 11.3 Å². The minimum absolute atomic E-state index is 0.646. The highest BCUT2D eigenvalue weighted by Gasteiger charge is 2.25. The summed E-state index contributed by atoms with van der Waals surface area (Å²) in [6.45, 7) is 0. The van der Waals surface area contributed by atoms with Crippen molar-refractivity contribution in [1.29, 1.82) is 0 Å². The lowest BCUT2D eigenvalue weighted by Gasteiger charge is -2.22. The van der Waals surface area contributed by atoms with Crippen LogP contribution in [0.1, 0.15) is 0 Å². The van der Waals surface area contributed by atoms with Crippen molar-refractivity contribution in [2.24, 2.45) is 0 Å². The molecule has 82 heavy (non-hydrogen) atoms. The fourth-order valence-electron chi connectivity index (χ4n) is 13.0. The van der Waals surface area contributed by atoms with Crippen LogP contribution in [-0.4, -0.2) is 23.7 Å². The van der Waals surface area contributed by atoms with Gasteiger partial charge in [-0.3, -0.25) is 0 Å². The molecule has 0 aliphatic rings. The van der Waals surface area contributed by atoms with Gasteiger partial charge in [0.2, 0.25) is 0 Å². The van der Waals surface area contributed by atoms with Gasteiger partial charge in [-0.1, -0.05) is 200 Å². The highest BCUT2D eigenvalue weighted by Crippen LogP contribution is 2.48. The highest BCUT2D eigenvalue weighted by atomic mass is 32.1. The molecule has 12 aromatic carbocycles. The molecule has 0 radical (unpaired) electrons. The van der Waals surface area contributed by atoms with Gasteiger partial charge < -0.3 is 13.7 Å². The first-order valence-corrected chi connectivity index (χ1v) is 28.7. The van der Waals surface area contributed by atoms with Crippen LogP contribution in [0.15, 0.2) is 285 Å². The zero-order valence-electron chi connectivity index (χ0n) is 44.3. The minimum atomic E-state index is 0.646. The molecule has 0 saturated carbocycles. The fourth-order valence-corrected chi connectivity index (χ4v) is 14.3. The van der Waals surface area contributed by atoms with E-state index in [9.17, 15) is 0 Å². The minimum Gasteiger partial charge on any atom is -0.309 e. The van der Waals surface area contributed by atoms with E-state index in [1.54, 1.807) is 0 Å². The number of fused-ring (bicyclic) bond motifs is 13. The Hall–Kier alpha value is -10.7. The van der Waals surface area contributed by atoms with Crippen molar-refractivity contribution < 1.29 is 0 Å². The molecule has 17 rings (SSSR count). The molecule has 0 atom stereocenters. The van der Waals surface area contributed by atoms with Crippen molar-refractivity contribution in [2.75, 3.05) is 0 Å². The third-order valence-corrected chi connectivity index (χ3v) is 17.9. The largest absolute Gasteiger partial charge is 0.309 e. The van der Waals surface area contributed by atoms with Crippen molar-refractivity contribution in [2.45, 2.75) is 0 Å². The molecule has 0 saturated heterocycles. The van der Waals surface area contributed by atoms with Crippen molar-refractivity contribution in [3.8, 4) is 73.2 Å². The van der Waals surface area contributed by atoms with Crippen LogP contribution in [0, 0.1) is 0 Å². The van der Waals surface area contributed by atoms with Gasteiger partial charge in [-0.25, -0.2) is 9.97 Å². The third-order valence-electron chi connectivity index (χ3n) is 16.7. The maximum Gasteiger partial charge on any atom is 0.160 e. The van der Waals surface area contributed by atoms with E-state index in [0.717, 1.165) is 78.4 Å². The Labute approximate surface area is 476 Å². The summed E-state index contributed by atoms with van der Waals surface area (Å²) < 4.78 is 9.91. The lowest BCUT2D eigenvalue weighted by Crippen LogP contribution is -2.03. The maximum absolute atomic E-state index is 5.50. The van der Waals surface area contributed by atoms with Crippen LogP contribution in [0.3, 0.4) is 0 Å². The topological polar surface area (TPSA) is 40.6 Å². The van der Waals surface area contributed by atoms with Gasteiger partial charge >= 0.3 is 0 Å². The zero-order chi connectivity index (χ0) is 53.8. The van der Waals surface area contributed by atoms with Crippen molar-refractivity contribution >= 4 is 96.9 Å². The van der Waals surface area contributed by atoms with Gasteiger partial charge in [0.25, 0.3) is 0 Å². The van der Waals surface area contributed by atoms with Gasteiger partial charge in [-0.15, -0.1) is 11.3 Å². The van der Waals surface area contributed by atoms with Crippen molar-refractivity contribution in [3.63, 3.8) is 0 Å². The van der Waals surface area contributed by atoms with Crippen LogP contribution in [0.4, 0.5) is 0 Å². The molecule has 6 heteroatoms. The standard InChI is InChI=1S/C76H47N5S/c1-3-19-50(20-4-1)64-47-65(51-21-5-2-6-22-51)78-76(77-64)52-45-62(48-35-39-53(40-36-48)79-66-29-13-7-23-55(66)56-24-8-14-30-67(56)79)74(81-70-33-17-11-28-61(70)73-71(81)44-43-60-59-27-12-18-34-72(59)82-75(60)73)63(46-52)49-37-41-54(42-38-49)80-68-31-15-9-25-57(68)58-26-10-16-32-69(58)80/h1-47H. The fraction of sp³-hybridized carbons (Fsp3) is 0. The van der Waals surface area contributed by atoms with Gasteiger partial charge in [-0.2, -0.15) is 0 Å². The Morgan fingerprint density at radius 3 is 1.15 bits per heavy atom. The van der Waals surface area contributed by atoms with E-state index in [-0.39, 0.29) is 0 Å². The molecule has 5 aromatic heterocycles. The summed E-state index contributed by atoms with van der Waals surface area (Å²) in [7, 11) is 0. The van der Waals surface area contributed by atoms with E-state index in [0.29, 0.717) is 5.82 Å². The Balaban J connectivity index is 0.976. The number of benzene rings is 12.